The number of H-pyrrole nitrogens is 2. The number of halogens is 1. The first-order valence-electron chi connectivity index (χ1n) is 17.5. The fourth-order valence-electron chi connectivity index (χ4n) is 8.56. The van der Waals surface area contributed by atoms with E-state index in [1.54, 1.807) is 0 Å². The Morgan fingerprint density at radius 2 is 1.73 bits per heavy atom. The van der Waals surface area contributed by atoms with E-state index in [0.29, 0.717) is 11.8 Å². The first-order chi connectivity index (χ1) is 23.6. The van der Waals surface area contributed by atoms with E-state index in [2.05, 4.69) is 85.9 Å². The molecule has 2 N–H and O–H groups in total. The van der Waals surface area contributed by atoms with Crippen LogP contribution in [-0.4, -0.2) is 47.1 Å². The maximum atomic E-state index is 13.3. The molecule has 0 spiro atoms. The summed E-state index contributed by atoms with van der Waals surface area (Å²) in [6.45, 7) is 7.85. The molecule has 1 saturated heterocycles. The third kappa shape index (κ3) is 5.21. The third-order valence-electron chi connectivity index (χ3n) is 10.7. The number of carbonyl (C=O) groups is 1. The number of nitrogens with one attached hydrogen (secondary N) is 2. The molecule has 5 aromatic rings. The molecular formula is C39H41BrN6O3. The molecule has 2 aliphatic heterocycles. The number of amides is 1. The van der Waals surface area contributed by atoms with Gasteiger partial charge in [0.2, 0.25) is 0 Å². The molecule has 10 heteroatoms. The zero-order valence-electron chi connectivity index (χ0n) is 28.3. The molecule has 5 heterocycles. The van der Waals surface area contributed by atoms with Crippen LogP contribution in [0.4, 0.5) is 4.79 Å². The van der Waals surface area contributed by atoms with Crippen molar-refractivity contribution in [3.05, 3.63) is 77.1 Å². The summed E-state index contributed by atoms with van der Waals surface area (Å²) < 4.78 is 15.9. The van der Waals surface area contributed by atoms with Gasteiger partial charge in [-0.3, -0.25) is 4.90 Å². The van der Waals surface area contributed by atoms with Crippen LogP contribution in [0.15, 0.2) is 65.4 Å². The lowest BCUT2D eigenvalue weighted by Gasteiger charge is -2.35. The van der Waals surface area contributed by atoms with Crippen molar-refractivity contribution in [3.63, 3.8) is 0 Å². The van der Waals surface area contributed by atoms with Crippen LogP contribution in [0.1, 0.15) is 96.1 Å². The first-order valence-corrected chi connectivity index (χ1v) is 18.3. The molecular weight excluding hydrogens is 680 g/mol. The van der Waals surface area contributed by atoms with Gasteiger partial charge in [-0.05, 0) is 102 Å². The van der Waals surface area contributed by atoms with Crippen molar-refractivity contribution in [1.82, 2.24) is 29.4 Å². The largest absolute Gasteiger partial charge is 0.470 e. The van der Waals surface area contributed by atoms with E-state index in [9.17, 15) is 4.79 Å². The van der Waals surface area contributed by atoms with Gasteiger partial charge in [0.05, 0.1) is 41.0 Å². The minimum Gasteiger partial charge on any atom is -0.470 e. The Balaban J connectivity index is 1.00. The van der Waals surface area contributed by atoms with Crippen LogP contribution in [-0.2, 0) is 4.74 Å². The molecule has 1 saturated carbocycles. The summed E-state index contributed by atoms with van der Waals surface area (Å²) in [5.74, 6) is 3.37. The maximum Gasteiger partial charge on any atom is 0.411 e. The summed E-state index contributed by atoms with van der Waals surface area (Å²) in [7, 11) is 0. The second-order valence-electron chi connectivity index (χ2n) is 15.1. The Morgan fingerprint density at radius 1 is 0.980 bits per heavy atom. The number of hydrogen-bond acceptors (Lipinski definition) is 5. The number of fused-ring (bicyclic) bond motifs is 7. The second-order valence-corrected chi connectivity index (χ2v) is 16.0. The molecule has 2 aliphatic carbocycles. The summed E-state index contributed by atoms with van der Waals surface area (Å²) in [6.07, 6.45) is 12.2. The predicted octanol–water partition coefficient (Wildman–Crippen LogP) is 10.0. The van der Waals surface area contributed by atoms with E-state index in [-0.39, 0.29) is 24.4 Å². The van der Waals surface area contributed by atoms with Gasteiger partial charge >= 0.3 is 6.09 Å². The summed E-state index contributed by atoms with van der Waals surface area (Å²) in [5.41, 5.74) is 6.84. The Bertz CT molecular complexity index is 2140. The van der Waals surface area contributed by atoms with Crippen LogP contribution in [0.3, 0.4) is 0 Å². The van der Waals surface area contributed by atoms with Gasteiger partial charge in [0, 0.05) is 38.5 Å². The Morgan fingerprint density at radius 3 is 2.53 bits per heavy atom. The molecule has 252 valence electrons. The molecule has 0 radical (unpaired) electrons. The Hall–Kier alpha value is -4.31. The zero-order valence-corrected chi connectivity index (χ0v) is 29.9. The van der Waals surface area contributed by atoms with Crippen molar-refractivity contribution in [2.24, 2.45) is 5.92 Å². The number of piperidine rings is 1. The van der Waals surface area contributed by atoms with Crippen molar-refractivity contribution in [2.75, 3.05) is 0 Å². The molecule has 3 aromatic heterocycles. The summed E-state index contributed by atoms with van der Waals surface area (Å²) >= 11 is 3.76. The molecule has 2 bridgehead atoms. The maximum absolute atomic E-state index is 13.3. The van der Waals surface area contributed by atoms with Gasteiger partial charge < -0.3 is 24.0 Å². The van der Waals surface area contributed by atoms with Gasteiger partial charge in [-0.1, -0.05) is 34.1 Å². The van der Waals surface area contributed by atoms with Crippen LogP contribution in [0, 0.1) is 5.92 Å². The lowest BCUT2D eigenvalue weighted by Crippen LogP contribution is -2.43. The van der Waals surface area contributed by atoms with Crippen molar-refractivity contribution in [1.29, 1.82) is 0 Å². The van der Waals surface area contributed by atoms with Gasteiger partial charge in [0.15, 0.2) is 6.23 Å². The van der Waals surface area contributed by atoms with Gasteiger partial charge in [-0.2, -0.15) is 0 Å². The average molecular weight is 722 g/mol. The number of rotatable bonds is 4. The number of nitrogens with zero attached hydrogens (tertiary/aromatic N) is 4. The average Bonchev–Trinajstić information content (AvgIpc) is 3.91. The minimum absolute atomic E-state index is 0.101. The van der Waals surface area contributed by atoms with E-state index in [4.69, 9.17) is 19.4 Å². The third-order valence-corrected chi connectivity index (χ3v) is 11.6. The molecule has 2 fully saturated rings. The number of imidazole rings is 2. The van der Waals surface area contributed by atoms with Crippen LogP contribution < -0.4 is 4.74 Å². The molecule has 5 unspecified atom stereocenters. The van der Waals surface area contributed by atoms with Crippen molar-refractivity contribution in [2.45, 2.75) is 96.1 Å². The molecule has 5 atom stereocenters. The highest BCUT2D eigenvalue weighted by molar-refractivity contribution is 9.11. The highest BCUT2D eigenvalue weighted by Gasteiger charge is 2.51. The van der Waals surface area contributed by atoms with E-state index >= 15 is 0 Å². The van der Waals surface area contributed by atoms with Crippen LogP contribution in [0.25, 0.3) is 44.7 Å². The molecule has 2 aromatic carbocycles. The van der Waals surface area contributed by atoms with Crippen LogP contribution in [0.2, 0.25) is 0 Å². The topological polar surface area (TPSA) is 101 Å². The molecule has 1 amide bonds. The smallest absolute Gasteiger partial charge is 0.411 e. The van der Waals surface area contributed by atoms with Gasteiger partial charge in [0.1, 0.15) is 23.0 Å². The number of allylic oxidation sites excluding steroid dienone is 2. The van der Waals surface area contributed by atoms with Crippen molar-refractivity contribution >= 4 is 32.9 Å². The Kier molecular flexibility index (Phi) is 7.13. The highest BCUT2D eigenvalue weighted by Crippen LogP contribution is 2.51. The molecule has 4 aliphatic rings. The van der Waals surface area contributed by atoms with Crippen molar-refractivity contribution in [3.8, 4) is 39.5 Å². The van der Waals surface area contributed by atoms with Crippen LogP contribution in [0.5, 0.6) is 5.75 Å². The highest BCUT2D eigenvalue weighted by atomic mass is 79.9. The standard InChI is InChI=1S/C39H41BrN6O3/c1-21-45-32-14-11-22(30-19-41-36(43-30)27-7-5-6-8-29(27)40)15-25(32)17-33(45)28-13-10-23(18-34(28)48-21)31-20-42-37(44-31)35-24-9-12-26(16-24)46(35)38(47)49-39(2,3)4/h8,10-11,13-15,17-21,24,26-27,35H,5-7,9,12,16H2,1-4H3,(H,41,43)(H,42,44). The summed E-state index contributed by atoms with van der Waals surface area (Å²) in [6, 6.07) is 15.3. The number of benzene rings is 2. The summed E-state index contributed by atoms with van der Waals surface area (Å²) in [4.78, 5) is 32.0. The number of aromatic amines is 2. The number of hydrogen-bond donors (Lipinski definition) is 2. The predicted molar refractivity (Wildman–Crippen MR) is 193 cm³/mol. The van der Waals surface area contributed by atoms with Crippen LogP contribution >= 0.6 is 15.9 Å². The number of likely N-dealkylation sites (tertiary alicyclic amines) is 1. The lowest BCUT2D eigenvalue weighted by atomic mass is 9.95. The molecule has 49 heavy (non-hydrogen) atoms. The molecule has 9 rings (SSSR count). The zero-order chi connectivity index (χ0) is 33.6. The quantitative estimate of drug-likeness (QED) is 0.192. The first kappa shape index (κ1) is 30.7. The monoisotopic (exact) mass is 720 g/mol. The van der Waals surface area contributed by atoms with Gasteiger partial charge in [-0.15, -0.1) is 0 Å². The van der Waals surface area contributed by atoms with E-state index in [1.165, 1.54) is 10.9 Å². The fourth-order valence-corrected chi connectivity index (χ4v) is 9.23. The number of aromatic nitrogens is 5. The fraction of sp³-hybridized carbons (Fsp3) is 0.410. The lowest BCUT2D eigenvalue weighted by molar-refractivity contribution is 0.00620. The van der Waals surface area contributed by atoms with Gasteiger partial charge in [-0.25, -0.2) is 14.8 Å². The normalized spacial score (nSPS) is 24.5. The molecule has 9 nitrogen and oxygen atoms in total. The van der Waals surface area contributed by atoms with E-state index in [1.807, 2.05) is 38.1 Å². The van der Waals surface area contributed by atoms with E-state index < -0.39 is 5.60 Å². The number of ether oxygens (including phenoxy) is 2. The SMILES string of the molecule is CC1Oc2cc(-c3cnc(C4C5CCC(C5)N4C(=O)OC(C)(C)C)[nH]3)ccc2-c2cc3cc(-c4cnc(C5CCCC=C5Br)[nH]4)ccc3n21. The van der Waals surface area contributed by atoms with E-state index in [0.717, 1.165) is 94.2 Å². The van der Waals surface area contributed by atoms with Crippen molar-refractivity contribution < 1.29 is 14.3 Å². The number of carbonyl (C=O) groups excluding carboxylic acids is 1. The Labute approximate surface area is 294 Å². The minimum atomic E-state index is -0.542. The van der Waals surface area contributed by atoms with Gasteiger partial charge in [0.25, 0.3) is 0 Å². The second kappa shape index (κ2) is 11.4. The summed E-state index contributed by atoms with van der Waals surface area (Å²) in [5, 5.41) is 1.16.